The molecule has 0 unspecified atom stereocenters. The number of aromatic nitrogens is 3. The molecular formula is C43H60N6O8. The standard InChI is InChI=1S/C43H60N6O8/c1-3-13-51-14-15-52-16-17-53-18-19-54-20-21-55-22-23-56-24-25-57-41-8-6-36(7-9-41)37-10-11-45-42(28-37)43(50)47-39-26-35(31-48-12-4-5-38(44)32-48)27-40(29-39)49-30-34(2)46-33-49/h6-11,26-30,33,38H,3-5,12-25,31-32,44H2,1-2H3,(H,47,50)/t38-/m0/s1. The number of nitrogens with two attached hydrogens (primary N) is 1. The number of carbonyl (C=O) groups excluding carboxylic acids is 1. The van der Waals surface area contributed by atoms with Gasteiger partial charge in [-0.1, -0.05) is 19.1 Å². The highest BCUT2D eigenvalue weighted by molar-refractivity contribution is 6.03. The SMILES string of the molecule is CCCOCCOCCOCCOCCOCCOCCOc1ccc(-c2ccnc(C(=O)Nc3cc(CN4CCC[C@H](N)C4)cc(-n4cnc(C)c4)c3)c2)cc1. The lowest BCUT2D eigenvalue weighted by Crippen LogP contribution is -2.42. The second-order valence-corrected chi connectivity index (χ2v) is 13.9. The molecule has 2 aromatic carbocycles. The fraction of sp³-hybridized carbons (Fsp3) is 0.512. The first-order valence-electron chi connectivity index (χ1n) is 20.1. The lowest BCUT2D eigenvalue weighted by atomic mass is 10.0. The zero-order chi connectivity index (χ0) is 39.9. The van der Waals surface area contributed by atoms with E-state index in [2.05, 4.69) is 33.2 Å². The van der Waals surface area contributed by atoms with Gasteiger partial charge in [0.25, 0.3) is 5.91 Å². The number of rotatable bonds is 27. The third-order valence-corrected chi connectivity index (χ3v) is 9.08. The van der Waals surface area contributed by atoms with Crippen molar-refractivity contribution in [2.75, 3.05) is 104 Å². The van der Waals surface area contributed by atoms with Crippen LogP contribution in [-0.2, 0) is 35.0 Å². The van der Waals surface area contributed by atoms with E-state index in [-0.39, 0.29) is 11.9 Å². The van der Waals surface area contributed by atoms with Crippen molar-refractivity contribution in [3.63, 3.8) is 0 Å². The number of nitrogens with one attached hydrogen (secondary N) is 1. The van der Waals surface area contributed by atoms with Crippen molar-refractivity contribution < 1.29 is 38.0 Å². The van der Waals surface area contributed by atoms with Crippen molar-refractivity contribution in [3.8, 4) is 22.6 Å². The number of pyridine rings is 1. The van der Waals surface area contributed by atoms with Crippen molar-refractivity contribution in [2.24, 2.45) is 5.73 Å². The summed E-state index contributed by atoms with van der Waals surface area (Å²) in [6.45, 7) is 13.5. The van der Waals surface area contributed by atoms with Crippen molar-refractivity contribution in [3.05, 3.63) is 90.3 Å². The Kier molecular flexibility index (Phi) is 19.4. The largest absolute Gasteiger partial charge is 0.491 e. The number of aryl methyl sites for hydroxylation is 1. The first kappa shape index (κ1) is 43.9. The van der Waals surface area contributed by atoms with Crippen LogP contribution in [0.25, 0.3) is 16.8 Å². The Morgan fingerprint density at radius 1 is 0.772 bits per heavy atom. The summed E-state index contributed by atoms with van der Waals surface area (Å²) < 4.78 is 40.8. The summed E-state index contributed by atoms with van der Waals surface area (Å²) in [5, 5.41) is 3.08. The summed E-state index contributed by atoms with van der Waals surface area (Å²) in [4.78, 5) is 24.7. The minimum Gasteiger partial charge on any atom is -0.491 e. The highest BCUT2D eigenvalue weighted by Crippen LogP contribution is 2.25. The van der Waals surface area contributed by atoms with Gasteiger partial charge in [0, 0.05) is 49.5 Å². The van der Waals surface area contributed by atoms with Gasteiger partial charge in [-0.05, 0) is 91.9 Å². The molecule has 1 fully saturated rings. The van der Waals surface area contributed by atoms with Crippen LogP contribution in [0.5, 0.6) is 5.75 Å². The molecule has 4 aromatic rings. The Balaban J connectivity index is 0.976. The Bertz CT molecular complexity index is 1740. The Morgan fingerprint density at radius 3 is 2.00 bits per heavy atom. The molecule has 1 amide bonds. The Morgan fingerprint density at radius 2 is 1.40 bits per heavy atom. The van der Waals surface area contributed by atoms with Gasteiger partial charge in [0.2, 0.25) is 0 Å². The molecule has 57 heavy (non-hydrogen) atoms. The van der Waals surface area contributed by atoms with Gasteiger partial charge in [-0.3, -0.25) is 14.7 Å². The average Bonchev–Trinajstić information content (AvgIpc) is 3.66. The van der Waals surface area contributed by atoms with Crippen LogP contribution in [0.3, 0.4) is 0 Å². The van der Waals surface area contributed by atoms with E-state index in [0.717, 1.165) is 79.3 Å². The van der Waals surface area contributed by atoms with E-state index in [0.29, 0.717) is 90.7 Å². The Labute approximate surface area is 336 Å². The molecule has 5 rings (SSSR count). The number of hydrogen-bond donors (Lipinski definition) is 2. The molecule has 310 valence electrons. The number of benzene rings is 2. The van der Waals surface area contributed by atoms with Crippen LogP contribution in [0.4, 0.5) is 5.69 Å². The summed E-state index contributed by atoms with van der Waals surface area (Å²) in [5.41, 5.74) is 12.0. The predicted molar refractivity (Wildman–Crippen MR) is 219 cm³/mol. The lowest BCUT2D eigenvalue weighted by Gasteiger charge is -2.30. The van der Waals surface area contributed by atoms with E-state index in [4.69, 9.17) is 38.9 Å². The first-order valence-corrected chi connectivity index (χ1v) is 20.1. The highest BCUT2D eigenvalue weighted by Gasteiger charge is 2.18. The van der Waals surface area contributed by atoms with Gasteiger partial charge in [-0.25, -0.2) is 4.98 Å². The van der Waals surface area contributed by atoms with Crippen LogP contribution in [0.2, 0.25) is 0 Å². The molecule has 3 N–H and O–H groups in total. The normalized spacial score (nSPS) is 14.5. The summed E-state index contributed by atoms with van der Waals surface area (Å²) >= 11 is 0. The molecule has 0 radical (unpaired) electrons. The van der Waals surface area contributed by atoms with E-state index in [1.165, 1.54) is 0 Å². The van der Waals surface area contributed by atoms with E-state index < -0.39 is 0 Å². The van der Waals surface area contributed by atoms with Gasteiger partial charge in [0.15, 0.2) is 0 Å². The molecule has 3 heterocycles. The van der Waals surface area contributed by atoms with Gasteiger partial charge in [0.05, 0.1) is 84.7 Å². The second kappa shape index (κ2) is 25.2. The number of nitrogens with zero attached hydrogens (tertiary/aromatic N) is 4. The fourth-order valence-electron chi connectivity index (χ4n) is 6.28. The average molecular weight is 789 g/mol. The van der Waals surface area contributed by atoms with Crippen LogP contribution in [0.15, 0.2) is 73.3 Å². The van der Waals surface area contributed by atoms with Crippen molar-refractivity contribution in [1.29, 1.82) is 0 Å². The lowest BCUT2D eigenvalue weighted by molar-refractivity contribution is -0.0177. The Hall–Kier alpha value is -4.25. The third kappa shape index (κ3) is 16.3. The molecule has 14 heteroatoms. The number of amides is 1. The molecule has 1 aliphatic heterocycles. The van der Waals surface area contributed by atoms with Gasteiger partial charge >= 0.3 is 0 Å². The van der Waals surface area contributed by atoms with E-state index in [1.807, 2.05) is 60.2 Å². The summed E-state index contributed by atoms with van der Waals surface area (Å²) in [6.07, 6.45) is 8.56. The molecular weight excluding hydrogens is 729 g/mol. The maximum absolute atomic E-state index is 13.5. The zero-order valence-electron chi connectivity index (χ0n) is 33.6. The molecule has 2 aromatic heterocycles. The molecule has 1 aliphatic rings. The van der Waals surface area contributed by atoms with E-state index >= 15 is 0 Å². The molecule has 14 nitrogen and oxygen atoms in total. The molecule has 1 saturated heterocycles. The molecule has 0 saturated carbocycles. The smallest absolute Gasteiger partial charge is 0.274 e. The van der Waals surface area contributed by atoms with Crippen molar-refractivity contribution in [1.82, 2.24) is 19.4 Å². The van der Waals surface area contributed by atoms with Crippen LogP contribution in [-0.4, -0.2) is 130 Å². The summed E-state index contributed by atoms with van der Waals surface area (Å²) in [6, 6.07) is 17.7. The zero-order valence-corrected chi connectivity index (χ0v) is 33.6. The summed E-state index contributed by atoms with van der Waals surface area (Å²) in [7, 11) is 0. The predicted octanol–water partition coefficient (Wildman–Crippen LogP) is 5.31. The number of imidazole rings is 1. The number of anilines is 1. The first-order chi connectivity index (χ1) is 28.0. The molecule has 1 atom stereocenters. The van der Waals surface area contributed by atoms with Crippen LogP contribution < -0.4 is 15.8 Å². The van der Waals surface area contributed by atoms with Gasteiger partial charge < -0.3 is 48.8 Å². The number of piperidine rings is 1. The summed E-state index contributed by atoms with van der Waals surface area (Å²) in [5.74, 6) is 0.440. The maximum Gasteiger partial charge on any atom is 0.274 e. The van der Waals surface area contributed by atoms with Crippen molar-refractivity contribution >= 4 is 11.6 Å². The van der Waals surface area contributed by atoms with Gasteiger partial charge in [0.1, 0.15) is 18.1 Å². The van der Waals surface area contributed by atoms with Crippen molar-refractivity contribution in [2.45, 2.75) is 45.7 Å². The topological polar surface area (TPSA) is 154 Å². The van der Waals surface area contributed by atoms with Gasteiger partial charge in [-0.15, -0.1) is 0 Å². The monoisotopic (exact) mass is 788 g/mol. The van der Waals surface area contributed by atoms with Crippen LogP contribution in [0.1, 0.15) is 47.9 Å². The molecule has 0 spiro atoms. The number of hydrogen-bond acceptors (Lipinski definition) is 12. The van der Waals surface area contributed by atoms with E-state index in [9.17, 15) is 4.79 Å². The number of likely N-dealkylation sites (tertiary alicyclic amines) is 1. The minimum atomic E-state index is -0.289. The third-order valence-electron chi connectivity index (χ3n) is 9.08. The molecule has 0 bridgehead atoms. The van der Waals surface area contributed by atoms with Crippen LogP contribution >= 0.6 is 0 Å². The molecule has 0 aliphatic carbocycles. The van der Waals surface area contributed by atoms with E-state index in [1.54, 1.807) is 18.6 Å². The number of carbonyl (C=O) groups is 1. The van der Waals surface area contributed by atoms with Crippen LogP contribution in [0, 0.1) is 6.92 Å². The highest BCUT2D eigenvalue weighted by atomic mass is 16.6. The second-order valence-electron chi connectivity index (χ2n) is 13.9. The fourth-order valence-corrected chi connectivity index (χ4v) is 6.28. The number of ether oxygens (including phenoxy) is 7. The maximum atomic E-state index is 13.5. The van der Waals surface area contributed by atoms with Gasteiger partial charge in [-0.2, -0.15) is 0 Å². The quantitative estimate of drug-likeness (QED) is 0.0754. The minimum absolute atomic E-state index is 0.184.